The average Bonchev–Trinajstić information content (AvgIpc) is 1.99. The standard InChI is InChI=1S/C9H16O/c1-4-8(2)5-6-9(3)7-10/h7,9H,2,4-6H2,1,3H3/t9-/m1/s1. The lowest BCUT2D eigenvalue weighted by atomic mass is 10.0. The summed E-state index contributed by atoms with van der Waals surface area (Å²) in [5, 5.41) is 0. The molecular weight excluding hydrogens is 124 g/mol. The Hall–Kier alpha value is -0.590. The summed E-state index contributed by atoms with van der Waals surface area (Å²) in [6.07, 6.45) is 3.99. The van der Waals surface area contributed by atoms with Crippen LogP contribution in [0.15, 0.2) is 12.2 Å². The molecule has 0 amide bonds. The third-order valence-electron chi connectivity index (χ3n) is 1.69. The summed E-state index contributed by atoms with van der Waals surface area (Å²) < 4.78 is 0. The van der Waals surface area contributed by atoms with E-state index in [-0.39, 0.29) is 5.92 Å². The highest BCUT2D eigenvalue weighted by Gasteiger charge is 1.99. The van der Waals surface area contributed by atoms with Gasteiger partial charge in [-0.1, -0.05) is 26.0 Å². The molecule has 0 aliphatic rings. The Labute approximate surface area is 63.1 Å². The molecule has 0 spiro atoms. The molecule has 0 heterocycles. The quantitative estimate of drug-likeness (QED) is 0.423. The molecule has 0 N–H and O–H groups in total. The van der Waals surface area contributed by atoms with Crippen LogP contribution in [0.4, 0.5) is 0 Å². The Morgan fingerprint density at radius 3 is 2.70 bits per heavy atom. The van der Waals surface area contributed by atoms with Crippen LogP contribution in [0.5, 0.6) is 0 Å². The summed E-state index contributed by atoms with van der Waals surface area (Å²) in [6.45, 7) is 7.90. The van der Waals surface area contributed by atoms with Crippen molar-refractivity contribution in [2.75, 3.05) is 0 Å². The molecule has 1 heteroatoms. The molecule has 0 aliphatic heterocycles. The second-order valence-electron chi connectivity index (χ2n) is 2.76. The van der Waals surface area contributed by atoms with Crippen molar-refractivity contribution in [3.63, 3.8) is 0 Å². The minimum absolute atomic E-state index is 0.198. The first-order valence-electron chi connectivity index (χ1n) is 3.82. The predicted octanol–water partition coefficient (Wildman–Crippen LogP) is 2.57. The van der Waals surface area contributed by atoms with Crippen molar-refractivity contribution >= 4 is 6.29 Å². The van der Waals surface area contributed by atoms with Crippen molar-refractivity contribution in [1.82, 2.24) is 0 Å². The minimum atomic E-state index is 0.198. The smallest absolute Gasteiger partial charge is 0.122 e. The van der Waals surface area contributed by atoms with Gasteiger partial charge >= 0.3 is 0 Å². The zero-order valence-electron chi connectivity index (χ0n) is 6.89. The van der Waals surface area contributed by atoms with Crippen molar-refractivity contribution in [2.24, 2.45) is 5.92 Å². The first-order valence-corrected chi connectivity index (χ1v) is 3.82. The van der Waals surface area contributed by atoms with Crippen molar-refractivity contribution in [2.45, 2.75) is 33.1 Å². The van der Waals surface area contributed by atoms with E-state index >= 15 is 0 Å². The van der Waals surface area contributed by atoms with E-state index in [4.69, 9.17) is 0 Å². The maximum absolute atomic E-state index is 10.2. The number of rotatable bonds is 5. The number of carbonyl (C=O) groups is 1. The molecule has 0 unspecified atom stereocenters. The number of hydrogen-bond acceptors (Lipinski definition) is 1. The average molecular weight is 140 g/mol. The Morgan fingerprint density at radius 2 is 2.30 bits per heavy atom. The lowest BCUT2D eigenvalue weighted by molar-refractivity contribution is -0.110. The SMILES string of the molecule is C=C(CC)CC[C@@H](C)C=O. The van der Waals surface area contributed by atoms with E-state index in [9.17, 15) is 4.79 Å². The molecular formula is C9H16O. The number of aldehydes is 1. The molecule has 58 valence electrons. The van der Waals surface area contributed by atoms with E-state index < -0.39 is 0 Å². The van der Waals surface area contributed by atoms with Gasteiger partial charge < -0.3 is 4.79 Å². The van der Waals surface area contributed by atoms with Crippen LogP contribution < -0.4 is 0 Å². The first kappa shape index (κ1) is 9.41. The summed E-state index contributed by atoms with van der Waals surface area (Å²) in [4.78, 5) is 10.2. The Kier molecular flexibility index (Phi) is 4.91. The van der Waals surface area contributed by atoms with Gasteiger partial charge in [0.2, 0.25) is 0 Å². The second-order valence-corrected chi connectivity index (χ2v) is 2.76. The van der Waals surface area contributed by atoms with Gasteiger partial charge in [-0.2, -0.15) is 0 Å². The molecule has 10 heavy (non-hydrogen) atoms. The lowest BCUT2D eigenvalue weighted by Crippen LogP contribution is -1.95. The summed E-state index contributed by atoms with van der Waals surface area (Å²) in [6, 6.07) is 0. The molecule has 1 nitrogen and oxygen atoms in total. The van der Waals surface area contributed by atoms with Crippen LogP contribution in [-0.2, 0) is 4.79 Å². The zero-order chi connectivity index (χ0) is 7.98. The van der Waals surface area contributed by atoms with Gasteiger partial charge in [0.05, 0.1) is 0 Å². The Bertz CT molecular complexity index is 116. The van der Waals surface area contributed by atoms with Crippen LogP contribution in [0.3, 0.4) is 0 Å². The van der Waals surface area contributed by atoms with Gasteiger partial charge in [0.1, 0.15) is 6.29 Å². The number of hydrogen-bond donors (Lipinski definition) is 0. The Morgan fingerprint density at radius 1 is 1.70 bits per heavy atom. The summed E-state index contributed by atoms with van der Waals surface area (Å²) in [7, 11) is 0. The van der Waals surface area contributed by atoms with E-state index in [1.54, 1.807) is 0 Å². The second kappa shape index (κ2) is 5.21. The fraction of sp³-hybridized carbons (Fsp3) is 0.667. The van der Waals surface area contributed by atoms with Gasteiger partial charge in [0.15, 0.2) is 0 Å². The highest BCUT2D eigenvalue weighted by atomic mass is 16.1. The maximum Gasteiger partial charge on any atom is 0.122 e. The molecule has 0 rings (SSSR count). The molecule has 0 aliphatic carbocycles. The molecule has 0 aromatic heterocycles. The topological polar surface area (TPSA) is 17.1 Å². The van der Waals surface area contributed by atoms with Gasteiger partial charge in [-0.15, -0.1) is 0 Å². The fourth-order valence-electron chi connectivity index (χ4n) is 0.677. The summed E-state index contributed by atoms with van der Waals surface area (Å²) >= 11 is 0. The van der Waals surface area contributed by atoms with Crippen LogP contribution in [0.25, 0.3) is 0 Å². The number of carbonyl (C=O) groups excluding carboxylic acids is 1. The zero-order valence-corrected chi connectivity index (χ0v) is 6.89. The molecule has 0 aromatic rings. The van der Waals surface area contributed by atoms with Crippen molar-refractivity contribution in [1.29, 1.82) is 0 Å². The van der Waals surface area contributed by atoms with E-state index in [0.717, 1.165) is 25.5 Å². The van der Waals surface area contributed by atoms with Crippen molar-refractivity contribution < 1.29 is 4.79 Å². The van der Waals surface area contributed by atoms with Gasteiger partial charge in [-0.05, 0) is 19.3 Å². The lowest BCUT2D eigenvalue weighted by Gasteiger charge is -2.03. The normalized spacial score (nSPS) is 12.6. The minimum Gasteiger partial charge on any atom is -0.303 e. The molecule has 0 aromatic carbocycles. The van der Waals surface area contributed by atoms with Crippen molar-refractivity contribution in [3.8, 4) is 0 Å². The van der Waals surface area contributed by atoms with Crippen LogP contribution in [0.2, 0.25) is 0 Å². The maximum atomic E-state index is 10.2. The molecule has 0 saturated carbocycles. The van der Waals surface area contributed by atoms with Gasteiger partial charge in [0.25, 0.3) is 0 Å². The molecule has 0 radical (unpaired) electrons. The largest absolute Gasteiger partial charge is 0.303 e. The van der Waals surface area contributed by atoms with E-state index in [0.29, 0.717) is 0 Å². The monoisotopic (exact) mass is 140 g/mol. The van der Waals surface area contributed by atoms with Gasteiger partial charge in [0, 0.05) is 5.92 Å². The van der Waals surface area contributed by atoms with E-state index in [1.165, 1.54) is 5.57 Å². The molecule has 0 bridgehead atoms. The van der Waals surface area contributed by atoms with Gasteiger partial charge in [-0.25, -0.2) is 0 Å². The first-order chi connectivity index (χ1) is 4.70. The van der Waals surface area contributed by atoms with Crippen LogP contribution in [-0.4, -0.2) is 6.29 Å². The van der Waals surface area contributed by atoms with E-state index in [2.05, 4.69) is 13.5 Å². The fourth-order valence-corrected chi connectivity index (χ4v) is 0.677. The van der Waals surface area contributed by atoms with Crippen LogP contribution in [0, 0.1) is 5.92 Å². The molecule has 1 atom stereocenters. The Balaban J connectivity index is 3.34. The molecule has 0 fully saturated rings. The van der Waals surface area contributed by atoms with Crippen LogP contribution in [0.1, 0.15) is 33.1 Å². The van der Waals surface area contributed by atoms with Gasteiger partial charge in [-0.3, -0.25) is 0 Å². The summed E-state index contributed by atoms with van der Waals surface area (Å²) in [5.41, 5.74) is 1.24. The third-order valence-corrected chi connectivity index (χ3v) is 1.69. The number of allylic oxidation sites excluding steroid dienone is 1. The predicted molar refractivity (Wildman–Crippen MR) is 43.9 cm³/mol. The molecule has 0 saturated heterocycles. The van der Waals surface area contributed by atoms with E-state index in [1.807, 2.05) is 6.92 Å². The van der Waals surface area contributed by atoms with Crippen LogP contribution >= 0.6 is 0 Å². The third kappa shape index (κ3) is 4.30. The van der Waals surface area contributed by atoms with Crippen molar-refractivity contribution in [3.05, 3.63) is 12.2 Å². The highest BCUT2D eigenvalue weighted by molar-refractivity contribution is 5.52. The highest BCUT2D eigenvalue weighted by Crippen LogP contribution is 2.10. The summed E-state index contributed by atoms with van der Waals surface area (Å²) in [5.74, 6) is 0.198.